The van der Waals surface area contributed by atoms with Crippen LogP contribution in [0, 0.1) is 11.7 Å². The smallest absolute Gasteiger partial charge is 0.244 e. The first-order chi connectivity index (χ1) is 14.6. The number of hydrogen-bond donors (Lipinski definition) is 1. The van der Waals surface area contributed by atoms with E-state index in [0.29, 0.717) is 45.8 Å². The Morgan fingerprint density at radius 1 is 1.10 bits per heavy atom. The number of carbonyl (C=O) groups is 2. The van der Waals surface area contributed by atoms with E-state index in [-0.39, 0.29) is 17.7 Å². The lowest BCUT2D eigenvalue weighted by atomic mass is 10.0. The largest absolute Gasteiger partial charge is 0.342 e. The number of nitrogens with zero attached hydrogens (tertiary/aromatic N) is 3. The summed E-state index contributed by atoms with van der Waals surface area (Å²) < 4.78 is 41.7. The summed E-state index contributed by atoms with van der Waals surface area (Å²) in [5, 5.41) is 0. The van der Waals surface area contributed by atoms with Gasteiger partial charge in [-0.1, -0.05) is 26.0 Å². The van der Waals surface area contributed by atoms with Gasteiger partial charge in [0.1, 0.15) is 16.8 Å². The minimum absolute atomic E-state index is 0.0579. The molecule has 0 saturated carbocycles. The number of amides is 2. The van der Waals surface area contributed by atoms with Gasteiger partial charge in [-0.05, 0) is 31.9 Å². The molecular formula is C21H33FN4O4S. The van der Waals surface area contributed by atoms with E-state index in [1.54, 1.807) is 23.6 Å². The first-order valence-corrected chi connectivity index (χ1v) is 12.1. The monoisotopic (exact) mass is 456 g/mol. The van der Waals surface area contributed by atoms with Crippen molar-refractivity contribution >= 4 is 21.8 Å². The number of sulfonamides is 1. The summed E-state index contributed by atoms with van der Waals surface area (Å²) in [5.74, 6) is -1.47. The van der Waals surface area contributed by atoms with Gasteiger partial charge in [0.2, 0.25) is 21.8 Å². The zero-order valence-corrected chi connectivity index (χ0v) is 19.5. The standard InChI is InChI=1S/C21H33FN4O4S/c1-5-25(6-2)19(27)15-24-11-13-26(14-12-24)21(28)20(16(3)4)23-31(29,30)18-10-8-7-9-17(18)22/h7-10,16,20,23H,5-6,11-15H2,1-4H3/t20-/m0/s1. The van der Waals surface area contributed by atoms with Crippen molar-refractivity contribution in [3.63, 3.8) is 0 Å². The molecule has 1 fully saturated rings. The third-order valence-electron chi connectivity index (χ3n) is 5.50. The summed E-state index contributed by atoms with van der Waals surface area (Å²) in [6, 6.07) is 4.07. The molecule has 0 aromatic heterocycles. The van der Waals surface area contributed by atoms with Crippen LogP contribution in [0.25, 0.3) is 0 Å². The lowest BCUT2D eigenvalue weighted by Gasteiger charge is -2.37. The summed E-state index contributed by atoms with van der Waals surface area (Å²) in [6.07, 6.45) is 0. The molecule has 0 spiro atoms. The second kappa shape index (κ2) is 11.0. The maximum atomic E-state index is 14.0. The summed E-state index contributed by atoms with van der Waals surface area (Å²) in [7, 11) is -4.19. The molecule has 1 aromatic rings. The fourth-order valence-electron chi connectivity index (χ4n) is 3.56. The number of hydrogen-bond acceptors (Lipinski definition) is 5. The molecule has 1 atom stereocenters. The van der Waals surface area contributed by atoms with E-state index in [1.165, 1.54) is 18.2 Å². The summed E-state index contributed by atoms with van der Waals surface area (Å²) in [5.41, 5.74) is 0. The Balaban J connectivity index is 2.02. The molecule has 1 N–H and O–H groups in total. The normalized spacial score (nSPS) is 16.4. The summed E-state index contributed by atoms with van der Waals surface area (Å²) in [6.45, 7) is 10.8. The van der Waals surface area contributed by atoms with E-state index in [1.807, 2.05) is 18.7 Å². The molecule has 1 heterocycles. The molecule has 2 rings (SSSR count). The van der Waals surface area contributed by atoms with Crippen LogP contribution in [0.2, 0.25) is 0 Å². The van der Waals surface area contributed by atoms with Gasteiger partial charge in [-0.2, -0.15) is 4.72 Å². The average molecular weight is 457 g/mol. The molecule has 1 aliphatic rings. The Kier molecular flexibility index (Phi) is 8.96. The second-order valence-corrected chi connectivity index (χ2v) is 9.62. The lowest BCUT2D eigenvalue weighted by molar-refractivity contribution is -0.137. The minimum Gasteiger partial charge on any atom is -0.342 e. The van der Waals surface area contributed by atoms with Crippen molar-refractivity contribution in [3.05, 3.63) is 30.1 Å². The number of halogens is 1. The number of carbonyl (C=O) groups excluding carboxylic acids is 2. The average Bonchev–Trinajstić information content (AvgIpc) is 2.73. The van der Waals surface area contributed by atoms with Gasteiger partial charge in [0.15, 0.2) is 0 Å². The SMILES string of the molecule is CCN(CC)C(=O)CN1CCN(C(=O)[C@@H](NS(=O)(=O)c2ccccc2F)C(C)C)CC1. The molecule has 8 nitrogen and oxygen atoms in total. The number of piperazine rings is 1. The van der Waals surface area contributed by atoms with Crippen LogP contribution in [0.3, 0.4) is 0 Å². The predicted octanol–water partition coefficient (Wildman–Crippen LogP) is 1.14. The van der Waals surface area contributed by atoms with Gasteiger partial charge in [0.25, 0.3) is 0 Å². The van der Waals surface area contributed by atoms with Crippen LogP contribution >= 0.6 is 0 Å². The van der Waals surface area contributed by atoms with Gasteiger partial charge in [0.05, 0.1) is 6.54 Å². The van der Waals surface area contributed by atoms with Crippen LogP contribution in [0.1, 0.15) is 27.7 Å². The Labute approximate surface area is 184 Å². The van der Waals surface area contributed by atoms with Crippen LogP contribution < -0.4 is 4.72 Å². The van der Waals surface area contributed by atoms with E-state index >= 15 is 0 Å². The van der Waals surface area contributed by atoms with E-state index < -0.39 is 26.8 Å². The van der Waals surface area contributed by atoms with Crippen molar-refractivity contribution in [2.24, 2.45) is 5.92 Å². The topological polar surface area (TPSA) is 90.0 Å². The highest BCUT2D eigenvalue weighted by Crippen LogP contribution is 2.17. The maximum Gasteiger partial charge on any atom is 0.244 e. The Bertz CT molecular complexity index is 866. The van der Waals surface area contributed by atoms with Crippen molar-refractivity contribution in [2.75, 3.05) is 45.8 Å². The molecule has 0 aliphatic carbocycles. The molecule has 174 valence electrons. The summed E-state index contributed by atoms with van der Waals surface area (Å²) >= 11 is 0. The second-order valence-electron chi connectivity index (χ2n) is 7.94. The third-order valence-corrected chi connectivity index (χ3v) is 6.97. The number of nitrogens with one attached hydrogen (secondary N) is 1. The van der Waals surface area contributed by atoms with E-state index in [0.717, 1.165) is 6.07 Å². The molecule has 1 saturated heterocycles. The van der Waals surface area contributed by atoms with E-state index in [4.69, 9.17) is 0 Å². The zero-order valence-electron chi connectivity index (χ0n) is 18.7. The molecule has 0 radical (unpaired) electrons. The van der Waals surface area contributed by atoms with Crippen molar-refractivity contribution in [2.45, 2.75) is 38.6 Å². The van der Waals surface area contributed by atoms with Crippen molar-refractivity contribution in [3.8, 4) is 0 Å². The van der Waals surface area contributed by atoms with E-state index in [2.05, 4.69) is 4.72 Å². The third kappa shape index (κ3) is 6.47. The van der Waals surface area contributed by atoms with Crippen molar-refractivity contribution < 1.29 is 22.4 Å². The van der Waals surface area contributed by atoms with E-state index in [9.17, 15) is 22.4 Å². The Morgan fingerprint density at radius 3 is 2.19 bits per heavy atom. The molecule has 2 amide bonds. The van der Waals surface area contributed by atoms with Gasteiger partial charge in [-0.3, -0.25) is 14.5 Å². The maximum absolute atomic E-state index is 14.0. The highest BCUT2D eigenvalue weighted by atomic mass is 32.2. The van der Waals surface area contributed by atoms with Crippen molar-refractivity contribution in [1.29, 1.82) is 0 Å². The predicted molar refractivity (Wildman–Crippen MR) is 116 cm³/mol. The highest BCUT2D eigenvalue weighted by Gasteiger charge is 2.34. The fourth-order valence-corrected chi connectivity index (χ4v) is 4.97. The first kappa shape index (κ1) is 25.2. The van der Waals surface area contributed by atoms with Crippen LogP contribution in [-0.2, 0) is 19.6 Å². The van der Waals surface area contributed by atoms with Gasteiger partial charge < -0.3 is 9.80 Å². The number of likely N-dealkylation sites (N-methyl/N-ethyl adjacent to an activating group) is 1. The Hall–Kier alpha value is -2.04. The number of rotatable bonds is 9. The molecule has 1 aromatic carbocycles. The van der Waals surface area contributed by atoms with Gasteiger partial charge >= 0.3 is 0 Å². The molecule has 0 bridgehead atoms. The molecule has 10 heteroatoms. The van der Waals surface area contributed by atoms with Crippen LogP contribution in [0.15, 0.2) is 29.2 Å². The lowest BCUT2D eigenvalue weighted by Crippen LogP contribution is -2.57. The molecule has 1 aliphatic heterocycles. The van der Waals surface area contributed by atoms with Crippen LogP contribution in [-0.4, -0.2) is 86.8 Å². The van der Waals surface area contributed by atoms with Crippen LogP contribution in [0.5, 0.6) is 0 Å². The van der Waals surface area contributed by atoms with Crippen LogP contribution in [0.4, 0.5) is 4.39 Å². The summed E-state index contributed by atoms with van der Waals surface area (Å²) in [4.78, 5) is 30.3. The number of benzene rings is 1. The zero-order chi connectivity index (χ0) is 23.2. The Morgan fingerprint density at radius 2 is 1.68 bits per heavy atom. The van der Waals surface area contributed by atoms with Gasteiger partial charge in [0, 0.05) is 39.3 Å². The molecule has 0 unspecified atom stereocenters. The fraction of sp³-hybridized carbons (Fsp3) is 0.619. The minimum atomic E-state index is -4.19. The quantitative estimate of drug-likeness (QED) is 0.602. The first-order valence-electron chi connectivity index (χ1n) is 10.7. The molecule has 31 heavy (non-hydrogen) atoms. The molecular weight excluding hydrogens is 423 g/mol. The van der Waals surface area contributed by atoms with Gasteiger partial charge in [-0.25, -0.2) is 12.8 Å². The van der Waals surface area contributed by atoms with Crippen molar-refractivity contribution in [1.82, 2.24) is 19.4 Å². The van der Waals surface area contributed by atoms with Gasteiger partial charge in [-0.15, -0.1) is 0 Å². The highest BCUT2D eigenvalue weighted by molar-refractivity contribution is 7.89.